The Bertz CT molecular complexity index is 1140. The van der Waals surface area contributed by atoms with E-state index in [-0.39, 0.29) is 10.6 Å². The van der Waals surface area contributed by atoms with Crippen LogP contribution >= 0.6 is 11.6 Å². The normalized spacial score (nSPS) is 16.1. The number of urea groups is 1. The number of hydrogen-bond acceptors (Lipinski definition) is 5. The van der Waals surface area contributed by atoms with Crippen LogP contribution < -0.4 is 10.6 Å². The monoisotopic (exact) mass is 497 g/mol. The first-order valence-electron chi connectivity index (χ1n) is 9.86. The quantitative estimate of drug-likeness (QED) is 0.465. The molecule has 0 aromatic heterocycles. The number of anilines is 1. The maximum Gasteiger partial charge on any atom is 0.418 e. The van der Waals surface area contributed by atoms with Crippen LogP contribution in [0.15, 0.2) is 48.5 Å². The Labute approximate surface area is 197 Å². The van der Waals surface area contributed by atoms with Gasteiger partial charge in [0, 0.05) is 10.6 Å². The van der Waals surface area contributed by atoms with Crippen molar-refractivity contribution < 1.29 is 37.1 Å². The summed E-state index contributed by atoms with van der Waals surface area (Å²) in [6.45, 7) is 2.10. The van der Waals surface area contributed by atoms with Crippen LogP contribution in [-0.2, 0) is 25.3 Å². The molecular weight excluding hydrogens is 479 g/mol. The molecule has 0 aliphatic carbocycles. The number of benzene rings is 2. The Kier molecular flexibility index (Phi) is 6.87. The minimum absolute atomic E-state index is 0.161. The molecule has 3 rings (SSSR count). The van der Waals surface area contributed by atoms with Crippen molar-refractivity contribution in [2.24, 2.45) is 0 Å². The molecule has 0 spiro atoms. The molecule has 1 atom stereocenters. The van der Waals surface area contributed by atoms with Crippen molar-refractivity contribution in [3.05, 3.63) is 64.7 Å². The standard InChI is InChI=1S/C22H19ClF3N3O5/c1-21(2)19(32)29(20(33)28-21)11-16(30)34-17(12-6-4-3-5-7-12)18(31)27-15-9-8-13(23)10-14(15)22(24,25)26/h3-10,17H,11H2,1-2H3,(H,27,31)(H,28,33)/t17-/m1/s1. The van der Waals surface area contributed by atoms with Gasteiger partial charge < -0.3 is 15.4 Å². The van der Waals surface area contributed by atoms with Gasteiger partial charge in [-0.25, -0.2) is 4.79 Å². The van der Waals surface area contributed by atoms with E-state index in [1.54, 1.807) is 6.07 Å². The number of ether oxygens (including phenoxy) is 1. The molecule has 34 heavy (non-hydrogen) atoms. The molecule has 0 bridgehead atoms. The van der Waals surface area contributed by atoms with E-state index in [1.807, 2.05) is 0 Å². The van der Waals surface area contributed by atoms with Crippen molar-refractivity contribution in [2.45, 2.75) is 31.7 Å². The van der Waals surface area contributed by atoms with Crippen LogP contribution in [0, 0.1) is 0 Å². The minimum atomic E-state index is -4.82. The second-order valence-corrected chi connectivity index (χ2v) is 8.34. The SMILES string of the molecule is CC1(C)NC(=O)N(CC(=O)O[C@@H](C(=O)Nc2ccc(Cl)cc2C(F)(F)F)c2ccccc2)C1=O. The fraction of sp³-hybridized carbons (Fsp3) is 0.273. The number of hydrogen-bond donors (Lipinski definition) is 2. The molecule has 2 N–H and O–H groups in total. The van der Waals surface area contributed by atoms with E-state index in [9.17, 15) is 32.3 Å². The van der Waals surface area contributed by atoms with Gasteiger partial charge in [-0.15, -0.1) is 0 Å². The molecule has 4 amide bonds. The van der Waals surface area contributed by atoms with Gasteiger partial charge >= 0.3 is 18.2 Å². The average Bonchev–Trinajstić information content (AvgIpc) is 2.94. The van der Waals surface area contributed by atoms with Gasteiger partial charge in [0.15, 0.2) is 0 Å². The number of alkyl halides is 3. The molecule has 1 fully saturated rings. The van der Waals surface area contributed by atoms with E-state index in [0.717, 1.165) is 12.1 Å². The predicted octanol–water partition coefficient (Wildman–Crippen LogP) is 3.91. The third kappa shape index (κ3) is 5.48. The zero-order chi connectivity index (χ0) is 25.3. The lowest BCUT2D eigenvalue weighted by Crippen LogP contribution is -2.41. The van der Waals surface area contributed by atoms with Gasteiger partial charge in [-0.3, -0.25) is 19.3 Å². The highest BCUT2D eigenvalue weighted by Crippen LogP contribution is 2.37. The van der Waals surface area contributed by atoms with Gasteiger partial charge in [-0.2, -0.15) is 13.2 Å². The highest BCUT2D eigenvalue weighted by atomic mass is 35.5. The molecular formula is C22H19ClF3N3O5. The van der Waals surface area contributed by atoms with Crippen molar-refractivity contribution in [2.75, 3.05) is 11.9 Å². The number of carbonyl (C=O) groups excluding carboxylic acids is 4. The van der Waals surface area contributed by atoms with Crippen LogP contribution in [0.4, 0.5) is 23.7 Å². The maximum atomic E-state index is 13.4. The summed E-state index contributed by atoms with van der Waals surface area (Å²) in [5, 5.41) is 4.33. The van der Waals surface area contributed by atoms with Crippen molar-refractivity contribution in [3.63, 3.8) is 0 Å². The zero-order valence-electron chi connectivity index (χ0n) is 17.9. The van der Waals surface area contributed by atoms with E-state index >= 15 is 0 Å². The highest BCUT2D eigenvalue weighted by Gasteiger charge is 2.45. The Morgan fingerprint density at radius 1 is 1.15 bits per heavy atom. The maximum absolute atomic E-state index is 13.4. The predicted molar refractivity (Wildman–Crippen MR) is 115 cm³/mol. The summed E-state index contributed by atoms with van der Waals surface area (Å²) in [5.41, 5.74) is -2.84. The molecule has 12 heteroatoms. The molecule has 1 aliphatic rings. The lowest BCUT2D eigenvalue weighted by Gasteiger charge is -2.21. The van der Waals surface area contributed by atoms with Crippen molar-refractivity contribution >= 4 is 41.1 Å². The highest BCUT2D eigenvalue weighted by molar-refractivity contribution is 6.30. The molecule has 2 aromatic rings. The Morgan fingerprint density at radius 3 is 2.35 bits per heavy atom. The van der Waals surface area contributed by atoms with Gasteiger partial charge in [0.1, 0.15) is 12.1 Å². The molecule has 2 aromatic carbocycles. The van der Waals surface area contributed by atoms with E-state index in [4.69, 9.17) is 16.3 Å². The second-order valence-electron chi connectivity index (χ2n) is 7.90. The summed E-state index contributed by atoms with van der Waals surface area (Å²) in [5.74, 6) is -2.87. The van der Waals surface area contributed by atoms with Gasteiger partial charge in [-0.05, 0) is 32.0 Å². The third-order valence-electron chi connectivity index (χ3n) is 4.87. The number of imide groups is 1. The van der Waals surface area contributed by atoms with Crippen LogP contribution in [0.3, 0.4) is 0 Å². The molecule has 1 saturated heterocycles. The Hall–Kier alpha value is -3.60. The first-order valence-corrected chi connectivity index (χ1v) is 10.2. The molecule has 1 heterocycles. The summed E-state index contributed by atoms with van der Waals surface area (Å²) >= 11 is 5.66. The number of nitrogens with zero attached hydrogens (tertiary/aromatic N) is 1. The Morgan fingerprint density at radius 2 is 1.79 bits per heavy atom. The minimum Gasteiger partial charge on any atom is -0.446 e. The fourth-order valence-corrected chi connectivity index (χ4v) is 3.39. The van der Waals surface area contributed by atoms with Gasteiger partial charge in [0.2, 0.25) is 6.10 Å². The fourth-order valence-electron chi connectivity index (χ4n) is 3.22. The zero-order valence-corrected chi connectivity index (χ0v) is 18.7. The third-order valence-corrected chi connectivity index (χ3v) is 5.10. The molecule has 0 saturated carbocycles. The molecule has 1 aliphatic heterocycles. The second kappa shape index (κ2) is 9.34. The van der Waals surface area contributed by atoms with Crippen LogP contribution in [0.5, 0.6) is 0 Å². The number of carbonyl (C=O) groups is 4. The summed E-state index contributed by atoms with van der Waals surface area (Å²) in [7, 11) is 0. The lowest BCUT2D eigenvalue weighted by molar-refractivity contribution is -0.156. The molecule has 180 valence electrons. The van der Waals surface area contributed by atoms with E-state index < -0.39 is 59.4 Å². The smallest absolute Gasteiger partial charge is 0.418 e. The van der Waals surface area contributed by atoms with Crippen molar-refractivity contribution in [1.82, 2.24) is 10.2 Å². The summed E-state index contributed by atoms with van der Waals surface area (Å²) in [4.78, 5) is 50.4. The summed E-state index contributed by atoms with van der Waals surface area (Å²) in [6.07, 6.45) is -6.48. The number of amides is 4. The van der Waals surface area contributed by atoms with E-state index in [2.05, 4.69) is 10.6 Å². The first-order chi connectivity index (χ1) is 15.8. The first kappa shape index (κ1) is 25.0. The number of nitrogens with one attached hydrogen (secondary N) is 2. The topological polar surface area (TPSA) is 105 Å². The van der Waals surface area contributed by atoms with E-state index in [1.165, 1.54) is 38.1 Å². The van der Waals surface area contributed by atoms with Gasteiger partial charge in [0.25, 0.3) is 11.8 Å². The van der Waals surface area contributed by atoms with Crippen LogP contribution in [0.25, 0.3) is 0 Å². The van der Waals surface area contributed by atoms with Crippen LogP contribution in [0.2, 0.25) is 5.02 Å². The number of rotatable bonds is 6. The van der Waals surface area contributed by atoms with Crippen molar-refractivity contribution in [1.29, 1.82) is 0 Å². The number of halogens is 4. The molecule has 8 nitrogen and oxygen atoms in total. The van der Waals surface area contributed by atoms with Crippen molar-refractivity contribution in [3.8, 4) is 0 Å². The Balaban J connectivity index is 1.84. The lowest BCUT2D eigenvalue weighted by atomic mass is 10.1. The average molecular weight is 498 g/mol. The largest absolute Gasteiger partial charge is 0.446 e. The molecule has 0 unspecified atom stereocenters. The summed E-state index contributed by atoms with van der Waals surface area (Å²) < 4.78 is 45.4. The van der Waals surface area contributed by atoms with Gasteiger partial charge in [-0.1, -0.05) is 41.9 Å². The number of esters is 1. The van der Waals surface area contributed by atoms with Crippen LogP contribution in [0.1, 0.15) is 31.1 Å². The van der Waals surface area contributed by atoms with Crippen LogP contribution in [-0.4, -0.2) is 40.8 Å². The molecule has 0 radical (unpaired) electrons. The van der Waals surface area contributed by atoms with E-state index in [0.29, 0.717) is 11.0 Å². The van der Waals surface area contributed by atoms with Gasteiger partial charge in [0.05, 0.1) is 11.3 Å². The summed E-state index contributed by atoms with van der Waals surface area (Å²) in [6, 6.07) is 9.53.